The monoisotopic (exact) mass is 255 g/mol. The summed E-state index contributed by atoms with van der Waals surface area (Å²) in [6, 6.07) is 0. The number of anilines is 1. The summed E-state index contributed by atoms with van der Waals surface area (Å²) in [6.07, 6.45) is 1.80. The molecule has 0 radical (unpaired) electrons. The van der Waals surface area contributed by atoms with Crippen LogP contribution in [0.15, 0.2) is 10.7 Å². The first-order valence-corrected chi connectivity index (χ1v) is 5.60. The Morgan fingerprint density at radius 3 is 3.06 bits per heavy atom. The van der Waals surface area contributed by atoms with Gasteiger partial charge in [-0.05, 0) is 11.3 Å². The highest BCUT2D eigenvalue weighted by Gasteiger charge is 2.11. The molecule has 17 heavy (non-hydrogen) atoms. The van der Waals surface area contributed by atoms with E-state index in [1.807, 2.05) is 0 Å². The van der Waals surface area contributed by atoms with Crippen molar-refractivity contribution in [1.82, 2.24) is 15.1 Å². The van der Waals surface area contributed by atoms with Gasteiger partial charge in [0, 0.05) is 19.9 Å². The van der Waals surface area contributed by atoms with E-state index in [0.717, 1.165) is 11.3 Å². The lowest BCUT2D eigenvalue weighted by Crippen LogP contribution is -2.05. The minimum absolute atomic E-state index is 0.0166. The Hall–Kier alpha value is -2.03. The van der Waals surface area contributed by atoms with Crippen molar-refractivity contribution in [3.63, 3.8) is 0 Å². The lowest BCUT2D eigenvalue weighted by Gasteiger charge is -1.97. The zero-order valence-corrected chi connectivity index (χ0v) is 9.73. The third-order valence-corrected chi connectivity index (χ3v) is 2.77. The highest BCUT2D eigenvalue weighted by Crippen LogP contribution is 2.24. The molecule has 9 heteroatoms. The summed E-state index contributed by atoms with van der Waals surface area (Å²) in [5, 5.41) is 17.6. The fourth-order valence-electron chi connectivity index (χ4n) is 1.16. The number of nitrogens with zero attached hydrogens (tertiary/aromatic N) is 4. The van der Waals surface area contributed by atoms with E-state index in [9.17, 15) is 10.1 Å². The van der Waals surface area contributed by atoms with Gasteiger partial charge in [0.15, 0.2) is 11.0 Å². The molecule has 2 aromatic heterocycles. The van der Waals surface area contributed by atoms with Crippen LogP contribution in [-0.4, -0.2) is 26.6 Å². The highest BCUT2D eigenvalue weighted by atomic mass is 32.1. The molecule has 0 bridgehead atoms. The Morgan fingerprint density at radius 2 is 2.47 bits per heavy atom. The number of hydrogen-bond donors (Lipinski definition) is 1. The van der Waals surface area contributed by atoms with E-state index in [4.69, 9.17) is 4.52 Å². The second-order valence-electron chi connectivity index (χ2n) is 3.17. The highest BCUT2D eigenvalue weighted by molar-refractivity contribution is 7.18. The largest absolute Gasteiger partial charge is 0.361 e. The van der Waals surface area contributed by atoms with Gasteiger partial charge in [0.2, 0.25) is 5.89 Å². The minimum Gasteiger partial charge on any atom is -0.361 e. The first-order valence-electron chi connectivity index (χ1n) is 4.78. The molecule has 0 saturated carbocycles. The summed E-state index contributed by atoms with van der Waals surface area (Å²) in [5.74, 6) is 1.12. The SMILES string of the molecule is Cc1nc(CCNc2ncc([N+](=O)[O-])s2)no1. The van der Waals surface area contributed by atoms with Gasteiger partial charge in [0.25, 0.3) is 0 Å². The minimum atomic E-state index is -0.467. The maximum absolute atomic E-state index is 10.4. The van der Waals surface area contributed by atoms with Crippen molar-refractivity contribution in [1.29, 1.82) is 0 Å². The van der Waals surface area contributed by atoms with Crippen molar-refractivity contribution in [3.05, 3.63) is 28.0 Å². The van der Waals surface area contributed by atoms with E-state index in [1.165, 1.54) is 6.20 Å². The maximum Gasteiger partial charge on any atom is 0.345 e. The molecule has 0 fully saturated rings. The number of nitro groups is 1. The van der Waals surface area contributed by atoms with E-state index in [1.54, 1.807) is 6.92 Å². The van der Waals surface area contributed by atoms with Crippen LogP contribution < -0.4 is 5.32 Å². The molecule has 2 aromatic rings. The van der Waals surface area contributed by atoms with Gasteiger partial charge in [-0.15, -0.1) is 0 Å². The Balaban J connectivity index is 1.83. The average molecular weight is 255 g/mol. The first-order chi connectivity index (χ1) is 8.15. The molecule has 0 aliphatic rings. The van der Waals surface area contributed by atoms with Crippen molar-refractivity contribution in [2.24, 2.45) is 0 Å². The number of aromatic nitrogens is 3. The van der Waals surface area contributed by atoms with Gasteiger partial charge in [-0.3, -0.25) is 10.1 Å². The molecule has 90 valence electrons. The van der Waals surface area contributed by atoms with E-state index in [0.29, 0.717) is 29.8 Å². The van der Waals surface area contributed by atoms with Crippen LogP contribution in [0.2, 0.25) is 0 Å². The Labute approximate surface area is 99.8 Å². The Bertz CT molecular complexity index is 523. The summed E-state index contributed by atoms with van der Waals surface area (Å²) in [6.45, 7) is 2.26. The molecule has 8 nitrogen and oxygen atoms in total. The van der Waals surface area contributed by atoms with Gasteiger partial charge in [-0.1, -0.05) is 5.16 Å². The van der Waals surface area contributed by atoms with Crippen molar-refractivity contribution in [2.75, 3.05) is 11.9 Å². The van der Waals surface area contributed by atoms with Crippen LogP contribution in [-0.2, 0) is 6.42 Å². The number of thiazole rings is 1. The van der Waals surface area contributed by atoms with Crippen molar-refractivity contribution in [2.45, 2.75) is 13.3 Å². The van der Waals surface area contributed by atoms with Gasteiger partial charge in [-0.2, -0.15) is 4.98 Å². The third kappa shape index (κ3) is 2.97. The molecule has 1 N–H and O–H groups in total. The number of nitrogens with one attached hydrogen (secondary N) is 1. The molecule has 0 aliphatic heterocycles. The summed E-state index contributed by atoms with van der Waals surface area (Å²) < 4.78 is 4.81. The van der Waals surface area contributed by atoms with Crippen LogP contribution in [0.3, 0.4) is 0 Å². The van der Waals surface area contributed by atoms with E-state index >= 15 is 0 Å². The molecule has 0 saturated heterocycles. The second kappa shape index (κ2) is 4.87. The second-order valence-corrected chi connectivity index (χ2v) is 4.18. The Morgan fingerprint density at radius 1 is 1.65 bits per heavy atom. The fourth-order valence-corrected chi connectivity index (χ4v) is 1.81. The molecule has 0 atom stereocenters. The van der Waals surface area contributed by atoms with Gasteiger partial charge >= 0.3 is 5.00 Å². The number of aryl methyl sites for hydroxylation is 1. The molecule has 2 heterocycles. The fraction of sp³-hybridized carbons (Fsp3) is 0.375. The molecule has 0 amide bonds. The third-order valence-electron chi connectivity index (χ3n) is 1.87. The normalized spacial score (nSPS) is 10.4. The number of hydrogen-bond acceptors (Lipinski definition) is 8. The molecule has 0 unspecified atom stereocenters. The van der Waals surface area contributed by atoms with E-state index in [2.05, 4.69) is 20.4 Å². The van der Waals surface area contributed by atoms with E-state index in [-0.39, 0.29) is 5.00 Å². The van der Waals surface area contributed by atoms with Gasteiger partial charge in [0.05, 0.1) is 4.92 Å². The topological polar surface area (TPSA) is 107 Å². The van der Waals surface area contributed by atoms with Gasteiger partial charge in [-0.25, -0.2) is 4.98 Å². The zero-order chi connectivity index (χ0) is 12.3. The van der Waals surface area contributed by atoms with Crippen LogP contribution in [0.1, 0.15) is 11.7 Å². The molecule has 0 aromatic carbocycles. The van der Waals surface area contributed by atoms with Gasteiger partial charge < -0.3 is 9.84 Å². The van der Waals surface area contributed by atoms with Crippen LogP contribution >= 0.6 is 11.3 Å². The predicted octanol–water partition coefficient (Wildman–Crippen LogP) is 1.40. The molecular formula is C8H9N5O3S. The van der Waals surface area contributed by atoms with E-state index < -0.39 is 4.92 Å². The van der Waals surface area contributed by atoms with Gasteiger partial charge in [0.1, 0.15) is 6.20 Å². The maximum atomic E-state index is 10.4. The predicted molar refractivity (Wildman–Crippen MR) is 60.0 cm³/mol. The average Bonchev–Trinajstić information content (AvgIpc) is 2.88. The van der Waals surface area contributed by atoms with Crippen LogP contribution in [0.4, 0.5) is 10.1 Å². The summed E-state index contributed by atoms with van der Waals surface area (Å²) in [7, 11) is 0. The van der Waals surface area contributed by atoms with Crippen LogP contribution in [0.5, 0.6) is 0 Å². The van der Waals surface area contributed by atoms with Crippen molar-refractivity contribution < 1.29 is 9.45 Å². The quantitative estimate of drug-likeness (QED) is 0.635. The lowest BCUT2D eigenvalue weighted by atomic mass is 10.4. The molecule has 2 rings (SSSR count). The van der Waals surface area contributed by atoms with Crippen LogP contribution in [0, 0.1) is 17.0 Å². The van der Waals surface area contributed by atoms with Crippen molar-refractivity contribution >= 4 is 21.5 Å². The first kappa shape index (κ1) is 11.5. The standard InChI is InChI=1S/C8H9N5O3S/c1-5-11-6(12-16-5)2-3-9-8-10-4-7(17-8)13(14)15/h4H,2-3H2,1H3,(H,9,10). The lowest BCUT2D eigenvalue weighted by molar-refractivity contribution is -0.380. The summed E-state index contributed by atoms with van der Waals surface area (Å²) >= 11 is 0.996. The molecular weight excluding hydrogens is 246 g/mol. The molecule has 0 aliphatic carbocycles. The number of rotatable bonds is 5. The molecule has 0 spiro atoms. The Kier molecular flexibility index (Phi) is 3.28. The summed E-state index contributed by atoms with van der Waals surface area (Å²) in [5.41, 5.74) is 0. The smallest absolute Gasteiger partial charge is 0.345 e. The van der Waals surface area contributed by atoms with Crippen molar-refractivity contribution in [3.8, 4) is 0 Å². The summed E-state index contributed by atoms with van der Waals surface area (Å²) in [4.78, 5) is 17.9. The van der Waals surface area contributed by atoms with Crippen LogP contribution in [0.25, 0.3) is 0 Å². The zero-order valence-electron chi connectivity index (χ0n) is 8.91.